The number of nitrogens with one attached hydrogen (secondary N) is 1. The zero-order chi connectivity index (χ0) is 60.6. The first-order valence-corrected chi connectivity index (χ1v) is 55.3. The molecule has 0 bridgehead atoms. The van der Waals surface area contributed by atoms with Crippen LogP contribution in [0.4, 0.5) is 0 Å². The van der Waals surface area contributed by atoms with Crippen LogP contribution >= 0.6 is 70.3 Å². The van der Waals surface area contributed by atoms with Gasteiger partial charge in [-0.2, -0.15) is 47.8 Å². The Morgan fingerprint density at radius 2 is 0.744 bits per heavy atom. The van der Waals surface area contributed by atoms with Crippen molar-refractivity contribution in [2.24, 2.45) is 0 Å². The Kier molecular flexibility index (Phi) is 45.1. The zero-order valence-electron chi connectivity index (χ0n) is 45.7. The molecule has 0 aliphatic carbocycles. The average molecular weight is 1890 g/mol. The molecule has 29 heteroatoms. The Bertz CT molecular complexity index is 3150. The molecule has 0 aliphatic rings. The summed E-state index contributed by atoms with van der Waals surface area (Å²) in [7, 11) is 24.6. The molecule has 6 aromatic carbocycles. The molecule has 16 nitrogen and oxygen atoms in total. The largest absolute Gasteiger partial charge is 1.00 e. The zero-order valence-corrected chi connectivity index (χ0v) is 66.1. The van der Waals surface area contributed by atoms with E-state index in [-0.39, 0.29) is 56.4 Å². The summed E-state index contributed by atoms with van der Waals surface area (Å²) in [6, 6.07) is 63.6. The van der Waals surface area contributed by atoms with E-state index in [1.165, 1.54) is 75.3 Å². The molecule has 0 radical (unpaired) electrons. The van der Waals surface area contributed by atoms with E-state index in [1.54, 1.807) is 142 Å². The van der Waals surface area contributed by atoms with E-state index in [0.717, 1.165) is 34.1 Å². The number of hydrogen-bond donors (Lipinski definition) is 2. The van der Waals surface area contributed by atoms with Gasteiger partial charge in [-0.05, 0) is 114 Å². The van der Waals surface area contributed by atoms with Crippen molar-refractivity contribution in [3.8, 4) is 45.6 Å². The van der Waals surface area contributed by atoms with Crippen molar-refractivity contribution >= 4 is 133 Å². The van der Waals surface area contributed by atoms with Crippen LogP contribution in [-0.4, -0.2) is 137 Å². The maximum atomic E-state index is 10.3. The maximum absolute atomic E-state index is 10.3. The fourth-order valence-corrected chi connectivity index (χ4v) is 6.65. The van der Waals surface area contributed by atoms with E-state index in [0.29, 0.717) is 15.8 Å². The number of hydrogen-bond acceptors (Lipinski definition) is 9. The van der Waals surface area contributed by atoms with Crippen molar-refractivity contribution < 1.29 is 91.5 Å². The number of phenolic OH excluding ortho intramolecular Hbond substituents is 1. The smallest absolute Gasteiger partial charge is 0.872 e. The Morgan fingerprint density at radius 3 is 0.965 bits per heavy atom. The molecule has 7 heterocycles. The minimum Gasteiger partial charge on any atom is -0.872 e. The molecule has 0 saturated heterocycles. The van der Waals surface area contributed by atoms with Crippen LogP contribution in [0, 0.1) is 12.1 Å². The summed E-state index contributed by atoms with van der Waals surface area (Å²) < 4.78 is 10.7. The number of nitrogens with zero attached hydrogens (tertiary/aromatic N) is 13. The van der Waals surface area contributed by atoms with Crippen LogP contribution in [0.1, 0.15) is 0 Å². The Balaban J connectivity index is 0.000000344. The number of para-hydroxylation sites is 2. The molecule has 13 aromatic rings. The van der Waals surface area contributed by atoms with Crippen LogP contribution < -0.4 is 34.7 Å². The van der Waals surface area contributed by atoms with Gasteiger partial charge in [0.1, 0.15) is 5.75 Å². The quantitative estimate of drug-likeness (QED) is 0.121. The summed E-state index contributed by atoms with van der Waals surface area (Å²) in [6.45, 7) is 0. The summed E-state index contributed by atoms with van der Waals surface area (Å²) in [5.41, 5.74) is 5.66. The number of benzene rings is 6. The van der Waals surface area contributed by atoms with E-state index >= 15 is 0 Å². The average Bonchev–Trinajstić information content (AvgIpc) is 3.73. The molecule has 0 aliphatic heterocycles. The molecule has 440 valence electrons. The van der Waals surface area contributed by atoms with Gasteiger partial charge >= 0.3 is 170 Å². The van der Waals surface area contributed by atoms with Gasteiger partial charge in [0.05, 0.1) is 11.4 Å². The monoisotopic (exact) mass is 1890 g/mol. The van der Waals surface area contributed by atoms with Gasteiger partial charge in [-0.1, -0.05) is 83.9 Å². The Hall–Kier alpha value is -2.24. The minimum absolute atomic E-state index is 0. The van der Waals surface area contributed by atoms with Crippen molar-refractivity contribution in [1.29, 1.82) is 0 Å². The second-order valence-electron chi connectivity index (χ2n) is 15.2. The van der Waals surface area contributed by atoms with Crippen LogP contribution in [0.15, 0.2) is 275 Å². The molecule has 7 aromatic heterocycles. The van der Waals surface area contributed by atoms with Gasteiger partial charge in [0.15, 0.2) is 0 Å². The standard InChI is InChI=1S/C12H10N4.2C12H9N4.C6H4Cl2.2C6H6O.C3H4N2.5ClH.2K.Na.3Pt/c3*1-4-11(15-8-2-6-13-15)10-12(5-1)16-9-3-7-14-16;7-5-2-1-3-6(8)4-5;2*7-6-4-2-1-3-5-6;1-2-4-5-3-1;;;;;;;;;;;/h1-10H;2*1-9H;1-4H;2*1-5,7H;1-3H,(H,4,5);5*1H;;;;;;/q;2*-1;;;;;;;;;;;;+1;;+2;+4/p-6. The van der Waals surface area contributed by atoms with Crippen LogP contribution in [0.5, 0.6) is 11.5 Å². The van der Waals surface area contributed by atoms with Crippen molar-refractivity contribution in [2.75, 3.05) is 0 Å². The number of aromatic amines is 1. The minimum atomic E-state index is -3.06. The van der Waals surface area contributed by atoms with Gasteiger partial charge in [0.25, 0.3) is 0 Å². The van der Waals surface area contributed by atoms with Crippen molar-refractivity contribution in [1.82, 2.24) is 68.9 Å². The number of rotatable bonds is 6. The molecule has 13 rings (SSSR count). The topological polar surface area (TPSA) is 179 Å². The third kappa shape index (κ3) is 34.3. The van der Waals surface area contributed by atoms with Crippen LogP contribution in [-0.2, 0) is 51.7 Å². The van der Waals surface area contributed by atoms with Gasteiger partial charge in [0.2, 0.25) is 0 Å². The summed E-state index contributed by atoms with van der Waals surface area (Å²) in [5, 5.41) is 51.5. The van der Waals surface area contributed by atoms with Crippen LogP contribution in [0.25, 0.3) is 34.1 Å². The van der Waals surface area contributed by atoms with E-state index < -0.39 is 11.9 Å². The second kappa shape index (κ2) is 48.5. The first-order chi connectivity index (χ1) is 40.9. The molecule has 0 amide bonds. The molecule has 0 unspecified atom stereocenters. The summed E-state index contributed by atoms with van der Waals surface area (Å²) >= 11 is 12.2. The molecule has 2 N–H and O–H groups in total. The fourth-order valence-electron chi connectivity index (χ4n) is 6.21. The third-order valence-corrected chi connectivity index (χ3v) is 10.1. The first kappa shape index (κ1) is 79.9. The van der Waals surface area contributed by atoms with Gasteiger partial charge in [-0.3, -0.25) is 23.8 Å². The molecular formula is C57H47Cl7K2N14NaO2Pt3-. The molecular weight excluding hydrogens is 1850 g/mol. The molecule has 86 heavy (non-hydrogen) atoms. The predicted molar refractivity (Wildman–Crippen MR) is 330 cm³/mol. The molecule has 0 spiro atoms. The van der Waals surface area contributed by atoms with E-state index in [9.17, 15) is 5.11 Å². The molecule has 0 saturated carbocycles. The number of phenols is 1. The fraction of sp³-hybridized carbons (Fsp3) is 0. The van der Waals surface area contributed by atoms with Gasteiger partial charge in [0, 0.05) is 118 Å². The van der Waals surface area contributed by atoms with Crippen LogP contribution in [0.3, 0.4) is 0 Å². The van der Waals surface area contributed by atoms with Gasteiger partial charge < -0.3 is 10.2 Å². The SMILES string of the molecule is Clc1cccc(Cl)c1.Oc1ccccc1.[Cl][Pt+].[Cl][Pt]([Cl])([Cl])[Cl].[K][K].[Na+].[O-]c1ccccc1.[Pt].[c-]1c(-n2cccn2)cccc1-n1cccn1.[c-]1c(-n2cccn2)cccc1-n1cccn1.c1cc(-n2cccn2)cc(-n2cccn2)c1.c1cn[nH]c1. The first-order valence-electron chi connectivity index (χ1n) is 24.4. The Morgan fingerprint density at radius 1 is 0.430 bits per heavy atom. The third-order valence-electron chi connectivity index (χ3n) is 9.59. The number of H-pyrrole nitrogens is 1. The van der Waals surface area contributed by atoms with Crippen LogP contribution in [0.2, 0.25) is 10.0 Å². The normalized spacial score (nSPS) is 9.64. The van der Waals surface area contributed by atoms with Gasteiger partial charge in [-0.15, -0.1) is 42.1 Å². The van der Waals surface area contributed by atoms with E-state index in [1.807, 2.05) is 168 Å². The Labute approximate surface area is 625 Å². The second-order valence-corrected chi connectivity index (χ2v) is 35.8. The summed E-state index contributed by atoms with van der Waals surface area (Å²) in [6.07, 6.45) is 25.4. The predicted octanol–water partition coefficient (Wildman–Crippen LogP) is 11.0. The number of aromatic nitrogens is 14. The van der Waals surface area contributed by atoms with Gasteiger partial charge in [-0.25, -0.2) is 9.36 Å². The van der Waals surface area contributed by atoms with E-state index in [2.05, 4.69) is 62.3 Å². The van der Waals surface area contributed by atoms with Crippen molar-refractivity contribution in [3.63, 3.8) is 0 Å². The number of halogens is 7. The summed E-state index contributed by atoms with van der Waals surface area (Å²) in [5.74, 6) is 0.394. The summed E-state index contributed by atoms with van der Waals surface area (Å²) in [4.78, 5) is 0. The van der Waals surface area contributed by atoms with Crippen molar-refractivity contribution in [2.45, 2.75) is 0 Å². The maximum Gasteiger partial charge on any atom is 1.00 e. The van der Waals surface area contributed by atoms with E-state index in [4.69, 9.17) is 66.0 Å². The molecule has 0 fully saturated rings. The number of aromatic hydroxyl groups is 1. The van der Waals surface area contributed by atoms with Crippen molar-refractivity contribution in [3.05, 3.63) is 297 Å². The molecule has 0 atom stereocenters.